The molecule has 0 bridgehead atoms. The predicted molar refractivity (Wildman–Crippen MR) is 66.2 cm³/mol. The molecule has 96 valence electrons. The Kier molecular flexibility index (Phi) is 8.21. The van der Waals surface area contributed by atoms with Crippen LogP contribution in [0.25, 0.3) is 0 Å². The Morgan fingerprint density at radius 1 is 1.38 bits per heavy atom. The second-order valence-corrected chi connectivity index (χ2v) is 4.34. The molecular formula is C12H26N2O2. The Bertz CT molecular complexity index is 191. The van der Waals surface area contributed by atoms with Crippen molar-refractivity contribution in [1.29, 1.82) is 0 Å². The average molecular weight is 230 g/mol. The monoisotopic (exact) mass is 230 g/mol. The summed E-state index contributed by atoms with van der Waals surface area (Å²) in [5.41, 5.74) is 5.16. The van der Waals surface area contributed by atoms with Gasteiger partial charge in [-0.3, -0.25) is 4.79 Å². The van der Waals surface area contributed by atoms with Gasteiger partial charge in [-0.2, -0.15) is 0 Å². The quantitative estimate of drug-likeness (QED) is 0.587. The van der Waals surface area contributed by atoms with Crippen molar-refractivity contribution in [3.05, 3.63) is 0 Å². The molecule has 1 amide bonds. The smallest absolute Gasteiger partial charge is 0.227 e. The van der Waals surface area contributed by atoms with Crippen LogP contribution >= 0.6 is 0 Å². The molecule has 0 heterocycles. The van der Waals surface area contributed by atoms with Crippen LogP contribution in [0.4, 0.5) is 0 Å². The number of ether oxygens (including phenoxy) is 1. The summed E-state index contributed by atoms with van der Waals surface area (Å²) in [6, 6.07) is 0. The minimum absolute atomic E-state index is 0.0246. The van der Waals surface area contributed by atoms with Crippen molar-refractivity contribution in [1.82, 2.24) is 5.32 Å². The molecule has 3 N–H and O–H groups in total. The van der Waals surface area contributed by atoms with Gasteiger partial charge in [0.15, 0.2) is 0 Å². The molecule has 0 aromatic rings. The van der Waals surface area contributed by atoms with Crippen LogP contribution in [-0.2, 0) is 9.53 Å². The first-order valence-electron chi connectivity index (χ1n) is 6.16. The molecular weight excluding hydrogens is 204 g/mol. The van der Waals surface area contributed by atoms with Gasteiger partial charge in [0.1, 0.15) is 0 Å². The summed E-state index contributed by atoms with van der Waals surface area (Å²) >= 11 is 0. The number of hydrogen-bond acceptors (Lipinski definition) is 3. The molecule has 0 radical (unpaired) electrons. The van der Waals surface area contributed by atoms with E-state index in [0.29, 0.717) is 19.7 Å². The molecule has 4 nitrogen and oxygen atoms in total. The molecule has 16 heavy (non-hydrogen) atoms. The molecule has 0 aliphatic rings. The van der Waals surface area contributed by atoms with Gasteiger partial charge < -0.3 is 15.8 Å². The van der Waals surface area contributed by atoms with E-state index in [1.807, 2.05) is 13.8 Å². The van der Waals surface area contributed by atoms with Crippen LogP contribution in [0.1, 0.15) is 40.0 Å². The zero-order chi connectivity index (χ0) is 12.4. The molecule has 0 aliphatic heterocycles. The third-order valence-electron chi connectivity index (χ3n) is 2.95. The van der Waals surface area contributed by atoms with E-state index in [2.05, 4.69) is 12.2 Å². The zero-order valence-electron chi connectivity index (χ0n) is 10.8. The van der Waals surface area contributed by atoms with Gasteiger partial charge >= 0.3 is 0 Å². The maximum Gasteiger partial charge on any atom is 0.227 e. The summed E-state index contributed by atoms with van der Waals surface area (Å²) in [6.07, 6.45) is 2.96. The van der Waals surface area contributed by atoms with E-state index in [1.54, 1.807) is 0 Å². The van der Waals surface area contributed by atoms with E-state index in [-0.39, 0.29) is 5.91 Å². The van der Waals surface area contributed by atoms with Gasteiger partial charge in [0.05, 0.1) is 12.0 Å². The molecule has 0 saturated heterocycles. The number of nitrogens with two attached hydrogens (primary N) is 1. The maximum absolute atomic E-state index is 11.8. The lowest BCUT2D eigenvalue weighted by Gasteiger charge is -2.24. The molecule has 0 spiro atoms. The predicted octanol–water partition coefficient (Wildman–Crippen LogP) is 1.29. The normalized spacial score (nSPS) is 14.5. The summed E-state index contributed by atoms with van der Waals surface area (Å²) in [6.45, 7) is 8.29. The number of nitrogens with one attached hydrogen (secondary N) is 1. The summed E-state index contributed by atoms with van der Waals surface area (Å²) in [5.74, 6) is 0.0246. The molecule has 0 aliphatic carbocycles. The SMILES string of the molecule is CCCCOCCNC(=O)C(C)(CC)CN. The topological polar surface area (TPSA) is 64.3 Å². The summed E-state index contributed by atoms with van der Waals surface area (Å²) in [5, 5.41) is 2.86. The number of unbranched alkanes of at least 4 members (excludes halogenated alkanes) is 1. The van der Waals surface area contributed by atoms with Crippen LogP contribution in [-0.4, -0.2) is 32.2 Å². The number of carbonyl (C=O) groups is 1. The first kappa shape index (κ1) is 15.4. The highest BCUT2D eigenvalue weighted by molar-refractivity contribution is 5.82. The minimum atomic E-state index is -0.441. The summed E-state index contributed by atoms with van der Waals surface area (Å²) in [4.78, 5) is 11.8. The van der Waals surface area contributed by atoms with Gasteiger partial charge in [-0.1, -0.05) is 20.3 Å². The van der Waals surface area contributed by atoms with Gasteiger partial charge in [0.25, 0.3) is 0 Å². The van der Waals surface area contributed by atoms with E-state index in [4.69, 9.17) is 10.5 Å². The third-order valence-corrected chi connectivity index (χ3v) is 2.95. The lowest BCUT2D eigenvalue weighted by atomic mass is 9.87. The number of carbonyl (C=O) groups excluding carboxylic acids is 1. The van der Waals surface area contributed by atoms with Crippen LogP contribution in [0.3, 0.4) is 0 Å². The van der Waals surface area contributed by atoms with Gasteiger partial charge in [0, 0.05) is 19.7 Å². The molecule has 4 heteroatoms. The van der Waals surface area contributed by atoms with Gasteiger partial charge in [-0.15, -0.1) is 0 Å². The third kappa shape index (κ3) is 5.47. The largest absolute Gasteiger partial charge is 0.380 e. The van der Waals surface area contributed by atoms with Gasteiger partial charge in [0.2, 0.25) is 5.91 Å². The fraction of sp³-hybridized carbons (Fsp3) is 0.917. The van der Waals surface area contributed by atoms with E-state index in [1.165, 1.54) is 0 Å². The molecule has 0 saturated carbocycles. The van der Waals surface area contributed by atoms with Crippen LogP contribution in [0.2, 0.25) is 0 Å². The number of hydrogen-bond donors (Lipinski definition) is 2. The highest BCUT2D eigenvalue weighted by Gasteiger charge is 2.28. The van der Waals surface area contributed by atoms with E-state index in [9.17, 15) is 4.79 Å². The van der Waals surface area contributed by atoms with Gasteiger partial charge in [-0.25, -0.2) is 0 Å². The fourth-order valence-corrected chi connectivity index (χ4v) is 1.20. The second kappa shape index (κ2) is 8.53. The zero-order valence-corrected chi connectivity index (χ0v) is 10.8. The van der Waals surface area contributed by atoms with Crippen molar-refractivity contribution in [2.45, 2.75) is 40.0 Å². The van der Waals surface area contributed by atoms with Crippen LogP contribution in [0.5, 0.6) is 0 Å². The molecule has 1 atom stereocenters. The van der Waals surface area contributed by atoms with Crippen molar-refractivity contribution in [2.24, 2.45) is 11.1 Å². The number of rotatable bonds is 9. The van der Waals surface area contributed by atoms with Crippen molar-refractivity contribution >= 4 is 5.91 Å². The highest BCUT2D eigenvalue weighted by Crippen LogP contribution is 2.18. The van der Waals surface area contributed by atoms with E-state index < -0.39 is 5.41 Å². The molecule has 0 fully saturated rings. The van der Waals surface area contributed by atoms with E-state index in [0.717, 1.165) is 25.9 Å². The molecule has 0 aromatic heterocycles. The van der Waals surface area contributed by atoms with Crippen molar-refractivity contribution < 1.29 is 9.53 Å². The van der Waals surface area contributed by atoms with Crippen molar-refractivity contribution in [3.63, 3.8) is 0 Å². The maximum atomic E-state index is 11.8. The minimum Gasteiger partial charge on any atom is -0.380 e. The Morgan fingerprint density at radius 2 is 2.06 bits per heavy atom. The Hall–Kier alpha value is -0.610. The standard InChI is InChI=1S/C12H26N2O2/c1-4-6-8-16-9-7-14-11(15)12(3,5-2)10-13/h4-10,13H2,1-3H3,(H,14,15). The van der Waals surface area contributed by atoms with Crippen LogP contribution in [0.15, 0.2) is 0 Å². The highest BCUT2D eigenvalue weighted by atomic mass is 16.5. The van der Waals surface area contributed by atoms with E-state index >= 15 is 0 Å². The Labute approximate surface area is 98.9 Å². The van der Waals surface area contributed by atoms with Crippen LogP contribution < -0.4 is 11.1 Å². The Morgan fingerprint density at radius 3 is 2.56 bits per heavy atom. The number of amides is 1. The fourth-order valence-electron chi connectivity index (χ4n) is 1.20. The van der Waals surface area contributed by atoms with Crippen LogP contribution in [0, 0.1) is 5.41 Å². The summed E-state index contributed by atoms with van der Waals surface area (Å²) in [7, 11) is 0. The van der Waals surface area contributed by atoms with Crippen molar-refractivity contribution in [2.75, 3.05) is 26.3 Å². The van der Waals surface area contributed by atoms with Crippen molar-refractivity contribution in [3.8, 4) is 0 Å². The second-order valence-electron chi connectivity index (χ2n) is 4.34. The average Bonchev–Trinajstić information content (AvgIpc) is 2.32. The molecule has 1 unspecified atom stereocenters. The summed E-state index contributed by atoms with van der Waals surface area (Å²) < 4.78 is 5.36. The first-order chi connectivity index (χ1) is 7.60. The first-order valence-corrected chi connectivity index (χ1v) is 6.16. The molecule has 0 aromatic carbocycles. The van der Waals surface area contributed by atoms with Gasteiger partial charge in [-0.05, 0) is 19.8 Å². The Balaban J connectivity index is 3.64. The lowest BCUT2D eigenvalue weighted by molar-refractivity contribution is -0.130. The lowest BCUT2D eigenvalue weighted by Crippen LogP contribution is -2.44. The molecule has 0 rings (SSSR count).